The van der Waals surface area contributed by atoms with E-state index < -0.39 is 0 Å². The number of Topliss-reactive ketones (excluding diaryl/α,β-unsaturated/α-hetero) is 1. The first-order chi connectivity index (χ1) is 8.32. The highest BCUT2D eigenvalue weighted by molar-refractivity contribution is 5.99. The monoisotopic (exact) mass is 248 g/mol. The van der Waals surface area contributed by atoms with E-state index in [-0.39, 0.29) is 18.5 Å². The molecule has 0 heterocycles. The van der Waals surface area contributed by atoms with Gasteiger partial charge in [-0.25, -0.2) is 0 Å². The third-order valence-corrected chi connectivity index (χ3v) is 3.37. The summed E-state index contributed by atoms with van der Waals surface area (Å²) < 4.78 is 5.61. The van der Waals surface area contributed by atoms with Gasteiger partial charge in [0.05, 0.1) is 6.10 Å². The molecule has 0 saturated carbocycles. The number of rotatable bonds is 5. The van der Waals surface area contributed by atoms with Crippen molar-refractivity contribution in [2.45, 2.75) is 47.6 Å². The summed E-state index contributed by atoms with van der Waals surface area (Å²) in [4.78, 5) is 12.2. The summed E-state index contributed by atoms with van der Waals surface area (Å²) in [5.41, 5.74) is 4.09. The van der Waals surface area contributed by atoms with E-state index in [1.165, 1.54) is 5.56 Å². The van der Waals surface area contributed by atoms with Gasteiger partial charge in [0.25, 0.3) is 0 Å². The molecule has 1 aromatic carbocycles. The molecule has 0 spiro atoms. The molecule has 1 unspecified atom stereocenters. The van der Waals surface area contributed by atoms with Crippen LogP contribution in [0.1, 0.15) is 47.8 Å². The first kappa shape index (κ1) is 14.9. The zero-order chi connectivity index (χ0) is 13.9. The molecule has 0 aromatic heterocycles. The zero-order valence-corrected chi connectivity index (χ0v) is 12.3. The van der Waals surface area contributed by atoms with Crippen molar-refractivity contribution in [3.63, 3.8) is 0 Å². The smallest absolute Gasteiger partial charge is 0.189 e. The van der Waals surface area contributed by atoms with Crippen molar-refractivity contribution >= 4 is 5.78 Å². The molecule has 0 aliphatic heterocycles. The Balaban J connectivity index is 2.79. The van der Waals surface area contributed by atoms with Crippen LogP contribution in [0.15, 0.2) is 12.1 Å². The predicted octanol–water partition coefficient (Wildman–Crippen LogP) is 3.86. The first-order valence-corrected chi connectivity index (χ1v) is 6.55. The third kappa shape index (κ3) is 3.67. The van der Waals surface area contributed by atoms with Crippen molar-refractivity contribution in [3.05, 3.63) is 34.4 Å². The van der Waals surface area contributed by atoms with Gasteiger partial charge in [0, 0.05) is 5.56 Å². The average Bonchev–Trinajstić information content (AvgIpc) is 2.24. The van der Waals surface area contributed by atoms with Gasteiger partial charge in [-0.1, -0.05) is 31.5 Å². The van der Waals surface area contributed by atoms with Crippen LogP contribution >= 0.6 is 0 Å². The van der Waals surface area contributed by atoms with Crippen LogP contribution in [0.25, 0.3) is 0 Å². The van der Waals surface area contributed by atoms with E-state index in [9.17, 15) is 4.79 Å². The molecular formula is C16H24O2. The van der Waals surface area contributed by atoms with Gasteiger partial charge in [0.2, 0.25) is 0 Å². The Morgan fingerprint density at radius 3 is 2.06 bits per heavy atom. The Morgan fingerprint density at radius 1 is 1.11 bits per heavy atom. The molecule has 1 aromatic rings. The molecule has 0 N–H and O–H groups in total. The van der Waals surface area contributed by atoms with Crippen LogP contribution < -0.4 is 0 Å². The highest BCUT2D eigenvalue weighted by Gasteiger charge is 2.15. The van der Waals surface area contributed by atoms with Gasteiger partial charge in [-0.3, -0.25) is 4.79 Å². The molecule has 1 atom stereocenters. The lowest BCUT2D eigenvalue weighted by atomic mass is 9.97. The second kappa shape index (κ2) is 6.14. The highest BCUT2D eigenvalue weighted by atomic mass is 16.5. The van der Waals surface area contributed by atoms with Crippen molar-refractivity contribution < 1.29 is 9.53 Å². The summed E-state index contributed by atoms with van der Waals surface area (Å²) in [6.07, 6.45) is 0.111. The van der Waals surface area contributed by atoms with Crippen molar-refractivity contribution in [2.24, 2.45) is 5.92 Å². The second-order valence-electron chi connectivity index (χ2n) is 5.46. The van der Waals surface area contributed by atoms with Gasteiger partial charge in [0.15, 0.2) is 5.78 Å². The normalized spacial score (nSPS) is 12.8. The number of hydrogen-bond acceptors (Lipinski definition) is 2. The predicted molar refractivity (Wildman–Crippen MR) is 75.2 cm³/mol. The van der Waals surface area contributed by atoms with Crippen molar-refractivity contribution in [3.8, 4) is 0 Å². The first-order valence-electron chi connectivity index (χ1n) is 6.55. The number of benzene rings is 1. The number of carbonyl (C=O) groups is 1. The number of aryl methyl sites for hydroxylation is 3. The Morgan fingerprint density at radius 2 is 1.61 bits per heavy atom. The highest BCUT2D eigenvalue weighted by Crippen LogP contribution is 2.17. The minimum absolute atomic E-state index is 0.0810. The summed E-state index contributed by atoms with van der Waals surface area (Å²) in [5.74, 6) is 0.510. The van der Waals surface area contributed by atoms with Crippen LogP contribution in [0.3, 0.4) is 0 Å². The summed E-state index contributed by atoms with van der Waals surface area (Å²) in [5, 5.41) is 0. The van der Waals surface area contributed by atoms with E-state index in [4.69, 9.17) is 4.74 Å². The topological polar surface area (TPSA) is 26.3 Å². The Labute approximate surface area is 110 Å². The van der Waals surface area contributed by atoms with Crippen LogP contribution in [0.2, 0.25) is 0 Å². The molecule has 0 bridgehead atoms. The largest absolute Gasteiger partial charge is 0.370 e. The average molecular weight is 248 g/mol. The van der Waals surface area contributed by atoms with Crippen molar-refractivity contribution in [1.82, 2.24) is 0 Å². The fourth-order valence-corrected chi connectivity index (χ4v) is 2.09. The molecule has 1 rings (SSSR count). The minimum Gasteiger partial charge on any atom is -0.370 e. The molecule has 0 amide bonds. The molecule has 2 heteroatoms. The molecule has 18 heavy (non-hydrogen) atoms. The lowest BCUT2D eigenvalue weighted by Gasteiger charge is -2.17. The lowest BCUT2D eigenvalue weighted by molar-refractivity contribution is 0.0335. The van der Waals surface area contributed by atoms with E-state index in [0.29, 0.717) is 5.92 Å². The summed E-state index contributed by atoms with van der Waals surface area (Å²) in [7, 11) is 0. The maximum atomic E-state index is 12.2. The lowest BCUT2D eigenvalue weighted by Crippen LogP contribution is -2.21. The van der Waals surface area contributed by atoms with Crippen molar-refractivity contribution in [1.29, 1.82) is 0 Å². The van der Waals surface area contributed by atoms with Gasteiger partial charge < -0.3 is 4.74 Å². The van der Waals surface area contributed by atoms with E-state index in [0.717, 1.165) is 16.7 Å². The molecule has 0 aliphatic rings. The van der Waals surface area contributed by atoms with Crippen LogP contribution in [0.5, 0.6) is 0 Å². The minimum atomic E-state index is 0.0810. The summed E-state index contributed by atoms with van der Waals surface area (Å²) >= 11 is 0. The van der Waals surface area contributed by atoms with E-state index in [2.05, 4.69) is 13.8 Å². The zero-order valence-electron chi connectivity index (χ0n) is 12.3. The standard InChI is InChI=1S/C16H24O2/c1-10(2)14(6)18-9-15(17)16-12(4)7-11(3)8-13(16)5/h7-8,10,14H,9H2,1-6H3. The second-order valence-corrected chi connectivity index (χ2v) is 5.46. The number of carbonyl (C=O) groups excluding carboxylic acids is 1. The van der Waals surface area contributed by atoms with Crippen LogP contribution in [-0.2, 0) is 4.74 Å². The summed E-state index contributed by atoms with van der Waals surface area (Å²) in [6, 6.07) is 4.10. The van der Waals surface area contributed by atoms with E-state index in [1.54, 1.807) is 0 Å². The van der Waals surface area contributed by atoms with E-state index >= 15 is 0 Å². The SMILES string of the molecule is Cc1cc(C)c(C(=O)COC(C)C(C)C)c(C)c1. The molecule has 0 saturated heterocycles. The summed E-state index contributed by atoms with van der Waals surface area (Å²) in [6.45, 7) is 12.4. The van der Waals surface area contributed by atoms with Crippen molar-refractivity contribution in [2.75, 3.05) is 6.61 Å². The quantitative estimate of drug-likeness (QED) is 0.740. The molecular weight excluding hydrogens is 224 g/mol. The third-order valence-electron chi connectivity index (χ3n) is 3.37. The Bertz CT molecular complexity index is 410. The van der Waals surface area contributed by atoms with Gasteiger partial charge in [-0.05, 0) is 44.7 Å². The molecule has 2 nitrogen and oxygen atoms in total. The van der Waals surface area contributed by atoms with Gasteiger partial charge in [-0.2, -0.15) is 0 Å². The fourth-order valence-electron chi connectivity index (χ4n) is 2.09. The molecule has 0 aliphatic carbocycles. The number of ether oxygens (including phenoxy) is 1. The molecule has 0 fully saturated rings. The number of ketones is 1. The number of hydrogen-bond donors (Lipinski definition) is 0. The van der Waals surface area contributed by atoms with Gasteiger partial charge in [0.1, 0.15) is 6.61 Å². The maximum absolute atomic E-state index is 12.2. The maximum Gasteiger partial charge on any atom is 0.189 e. The Kier molecular flexibility index (Phi) is 5.09. The van der Waals surface area contributed by atoms with Gasteiger partial charge in [-0.15, -0.1) is 0 Å². The molecule has 100 valence electrons. The fraction of sp³-hybridized carbons (Fsp3) is 0.562. The Hall–Kier alpha value is -1.15. The van der Waals surface area contributed by atoms with Crippen LogP contribution in [0.4, 0.5) is 0 Å². The van der Waals surface area contributed by atoms with Crippen LogP contribution in [-0.4, -0.2) is 18.5 Å². The van der Waals surface area contributed by atoms with Gasteiger partial charge >= 0.3 is 0 Å². The van der Waals surface area contributed by atoms with Crippen LogP contribution in [0, 0.1) is 26.7 Å². The van der Waals surface area contributed by atoms with E-state index in [1.807, 2.05) is 39.8 Å². The molecule has 0 radical (unpaired) electrons.